The zero-order chi connectivity index (χ0) is 14.9. The number of unbranched alkanes of at least 4 members (excludes halogenated alkanes) is 1. The van der Waals surface area contributed by atoms with Gasteiger partial charge in [0, 0.05) is 32.2 Å². The summed E-state index contributed by atoms with van der Waals surface area (Å²) in [6.07, 6.45) is 4.28. The lowest BCUT2D eigenvalue weighted by molar-refractivity contribution is -0.120. The summed E-state index contributed by atoms with van der Waals surface area (Å²) in [6, 6.07) is 10.4. The van der Waals surface area contributed by atoms with Gasteiger partial charge >= 0.3 is 0 Å². The third-order valence-electron chi connectivity index (χ3n) is 4.05. The quantitative estimate of drug-likeness (QED) is 0.653. The molecule has 1 saturated heterocycles. The summed E-state index contributed by atoms with van der Waals surface area (Å²) in [7, 11) is 0. The highest BCUT2D eigenvalue weighted by Crippen LogP contribution is 2.20. The average Bonchev–Trinajstić information content (AvgIpc) is 2.84. The Morgan fingerprint density at radius 1 is 1.19 bits per heavy atom. The topological polar surface area (TPSA) is 29.5 Å². The number of ether oxygens (including phenoxy) is 1. The van der Waals surface area contributed by atoms with Crippen LogP contribution in [0.2, 0.25) is 0 Å². The van der Waals surface area contributed by atoms with Gasteiger partial charge in [-0.1, -0.05) is 43.7 Å². The van der Waals surface area contributed by atoms with Crippen molar-refractivity contribution in [3.8, 4) is 0 Å². The molecule has 1 aromatic carbocycles. The first-order valence-electron chi connectivity index (χ1n) is 8.16. The highest BCUT2D eigenvalue weighted by molar-refractivity contribution is 5.85. The fraction of sp³-hybridized carbons (Fsp3) is 0.611. The van der Waals surface area contributed by atoms with Crippen LogP contribution in [0.25, 0.3) is 0 Å². The largest absolute Gasteiger partial charge is 0.381 e. The molecule has 0 amide bonds. The van der Waals surface area contributed by atoms with E-state index >= 15 is 0 Å². The average molecular weight is 289 g/mol. The number of benzene rings is 1. The van der Waals surface area contributed by atoms with Crippen molar-refractivity contribution in [2.75, 3.05) is 26.3 Å². The third kappa shape index (κ3) is 5.60. The standard InChI is InChI=1S/C18H27NO2/c1-2-3-11-21-12-7-10-17-14-19(15-18(17)20)13-16-8-5-4-6-9-16/h4-6,8-9,17H,2-3,7,10-15H2,1H3. The molecule has 1 heterocycles. The molecule has 0 saturated carbocycles. The highest BCUT2D eigenvalue weighted by Gasteiger charge is 2.29. The maximum atomic E-state index is 12.1. The lowest BCUT2D eigenvalue weighted by Gasteiger charge is -2.14. The van der Waals surface area contributed by atoms with E-state index in [0.717, 1.165) is 45.6 Å². The fourth-order valence-corrected chi connectivity index (χ4v) is 2.82. The molecule has 116 valence electrons. The lowest BCUT2D eigenvalue weighted by Crippen LogP contribution is -2.20. The van der Waals surface area contributed by atoms with Gasteiger partial charge in [-0.15, -0.1) is 0 Å². The predicted molar refractivity (Wildman–Crippen MR) is 85.2 cm³/mol. The fourth-order valence-electron chi connectivity index (χ4n) is 2.82. The van der Waals surface area contributed by atoms with Crippen LogP contribution < -0.4 is 0 Å². The van der Waals surface area contributed by atoms with Crippen molar-refractivity contribution in [3.63, 3.8) is 0 Å². The number of carbonyl (C=O) groups excluding carboxylic acids is 1. The van der Waals surface area contributed by atoms with Gasteiger partial charge in [0.25, 0.3) is 0 Å². The first-order valence-corrected chi connectivity index (χ1v) is 8.16. The molecule has 2 rings (SSSR count). The lowest BCUT2D eigenvalue weighted by atomic mass is 10.0. The van der Waals surface area contributed by atoms with Crippen LogP contribution in [-0.2, 0) is 16.1 Å². The van der Waals surface area contributed by atoms with Crippen molar-refractivity contribution in [1.82, 2.24) is 4.90 Å². The van der Waals surface area contributed by atoms with E-state index in [4.69, 9.17) is 4.74 Å². The summed E-state index contributed by atoms with van der Waals surface area (Å²) in [5.41, 5.74) is 1.29. The van der Waals surface area contributed by atoms with Crippen LogP contribution in [0.4, 0.5) is 0 Å². The molecule has 0 bridgehead atoms. The molecule has 0 radical (unpaired) electrons. The monoisotopic (exact) mass is 289 g/mol. The predicted octanol–water partition coefficient (Wildman–Crippen LogP) is 3.28. The Bertz CT molecular complexity index is 418. The summed E-state index contributed by atoms with van der Waals surface area (Å²) >= 11 is 0. The SMILES string of the molecule is CCCCOCCCC1CN(Cc2ccccc2)CC1=O. The molecule has 1 aliphatic rings. The van der Waals surface area contributed by atoms with Gasteiger partial charge in [0.2, 0.25) is 0 Å². The molecule has 1 fully saturated rings. The first kappa shape index (κ1) is 16.2. The number of hydrogen-bond donors (Lipinski definition) is 0. The molecule has 0 spiro atoms. The first-order chi connectivity index (χ1) is 10.3. The van der Waals surface area contributed by atoms with E-state index in [-0.39, 0.29) is 5.92 Å². The number of rotatable bonds is 9. The number of ketones is 1. The van der Waals surface area contributed by atoms with E-state index in [9.17, 15) is 4.79 Å². The van der Waals surface area contributed by atoms with Crippen molar-refractivity contribution in [3.05, 3.63) is 35.9 Å². The second-order valence-corrected chi connectivity index (χ2v) is 5.93. The van der Waals surface area contributed by atoms with Crippen LogP contribution in [0, 0.1) is 5.92 Å². The van der Waals surface area contributed by atoms with Gasteiger partial charge in [-0.2, -0.15) is 0 Å². The summed E-state index contributed by atoms with van der Waals surface area (Å²) in [5, 5.41) is 0. The number of Topliss-reactive ketones (excluding diaryl/α,β-unsaturated/α-hetero) is 1. The minimum absolute atomic E-state index is 0.212. The van der Waals surface area contributed by atoms with Gasteiger partial charge in [0.1, 0.15) is 0 Å². The van der Waals surface area contributed by atoms with E-state index in [2.05, 4.69) is 36.1 Å². The summed E-state index contributed by atoms with van der Waals surface area (Å²) < 4.78 is 5.57. The minimum atomic E-state index is 0.212. The Labute approximate surface area is 128 Å². The van der Waals surface area contributed by atoms with Crippen molar-refractivity contribution in [2.45, 2.75) is 39.2 Å². The summed E-state index contributed by atoms with van der Waals surface area (Å²) in [6.45, 7) is 6.22. The van der Waals surface area contributed by atoms with E-state index < -0.39 is 0 Å². The zero-order valence-corrected chi connectivity index (χ0v) is 13.1. The molecule has 1 unspecified atom stereocenters. The Morgan fingerprint density at radius 3 is 2.71 bits per heavy atom. The second kappa shape index (κ2) is 8.96. The Hall–Kier alpha value is -1.19. The normalized spacial score (nSPS) is 19.3. The van der Waals surface area contributed by atoms with E-state index in [1.807, 2.05) is 6.07 Å². The molecule has 0 aromatic heterocycles. The van der Waals surface area contributed by atoms with Gasteiger partial charge in [-0.05, 0) is 24.8 Å². The van der Waals surface area contributed by atoms with E-state index in [0.29, 0.717) is 12.3 Å². The van der Waals surface area contributed by atoms with Crippen LogP contribution in [-0.4, -0.2) is 37.0 Å². The molecule has 3 nitrogen and oxygen atoms in total. The maximum absolute atomic E-state index is 12.1. The number of hydrogen-bond acceptors (Lipinski definition) is 3. The number of nitrogens with zero attached hydrogens (tertiary/aromatic N) is 1. The van der Waals surface area contributed by atoms with Gasteiger partial charge < -0.3 is 4.74 Å². The number of carbonyl (C=O) groups is 1. The van der Waals surface area contributed by atoms with Gasteiger partial charge in [0.15, 0.2) is 5.78 Å². The molecule has 1 aromatic rings. The number of likely N-dealkylation sites (tertiary alicyclic amines) is 1. The molecule has 21 heavy (non-hydrogen) atoms. The molecular formula is C18H27NO2. The smallest absolute Gasteiger partial charge is 0.151 e. The van der Waals surface area contributed by atoms with E-state index in [1.165, 1.54) is 12.0 Å². The Morgan fingerprint density at radius 2 is 1.95 bits per heavy atom. The molecular weight excluding hydrogens is 262 g/mol. The molecule has 3 heteroatoms. The molecule has 0 aliphatic carbocycles. The molecule has 1 atom stereocenters. The highest BCUT2D eigenvalue weighted by atomic mass is 16.5. The van der Waals surface area contributed by atoms with Crippen molar-refractivity contribution >= 4 is 5.78 Å². The van der Waals surface area contributed by atoms with Crippen molar-refractivity contribution < 1.29 is 9.53 Å². The third-order valence-corrected chi connectivity index (χ3v) is 4.05. The minimum Gasteiger partial charge on any atom is -0.381 e. The van der Waals surface area contributed by atoms with Crippen LogP contribution in [0.5, 0.6) is 0 Å². The van der Waals surface area contributed by atoms with Crippen LogP contribution >= 0.6 is 0 Å². The van der Waals surface area contributed by atoms with E-state index in [1.54, 1.807) is 0 Å². The van der Waals surface area contributed by atoms with Gasteiger partial charge in [-0.25, -0.2) is 0 Å². The van der Waals surface area contributed by atoms with Crippen LogP contribution in [0.3, 0.4) is 0 Å². The molecule has 0 N–H and O–H groups in total. The maximum Gasteiger partial charge on any atom is 0.151 e. The van der Waals surface area contributed by atoms with Crippen LogP contribution in [0.15, 0.2) is 30.3 Å². The van der Waals surface area contributed by atoms with Crippen molar-refractivity contribution in [2.24, 2.45) is 5.92 Å². The summed E-state index contributed by atoms with van der Waals surface area (Å²) in [5.74, 6) is 0.614. The summed E-state index contributed by atoms with van der Waals surface area (Å²) in [4.78, 5) is 14.3. The van der Waals surface area contributed by atoms with Crippen LogP contribution in [0.1, 0.15) is 38.2 Å². The molecule has 1 aliphatic heterocycles. The zero-order valence-electron chi connectivity index (χ0n) is 13.1. The van der Waals surface area contributed by atoms with Gasteiger partial charge in [0.05, 0.1) is 6.54 Å². The second-order valence-electron chi connectivity index (χ2n) is 5.93. The Balaban J connectivity index is 1.65. The Kier molecular flexibility index (Phi) is 6.90. The van der Waals surface area contributed by atoms with Gasteiger partial charge in [-0.3, -0.25) is 9.69 Å². The van der Waals surface area contributed by atoms with Crippen molar-refractivity contribution in [1.29, 1.82) is 0 Å².